The average molecular weight is 422 g/mol. The highest BCUT2D eigenvalue weighted by molar-refractivity contribution is 6.07. The molecule has 31 heavy (non-hydrogen) atoms. The largest absolute Gasteiger partial charge is 0.495 e. The summed E-state index contributed by atoms with van der Waals surface area (Å²) in [5.74, 6) is 0.139. The first-order chi connectivity index (χ1) is 15.0. The van der Waals surface area contributed by atoms with E-state index in [1.54, 1.807) is 43.3 Å². The van der Waals surface area contributed by atoms with Crippen LogP contribution in [0.3, 0.4) is 0 Å². The third-order valence-electron chi connectivity index (χ3n) is 4.95. The van der Waals surface area contributed by atoms with Gasteiger partial charge in [-0.2, -0.15) is 0 Å². The molecule has 0 radical (unpaired) electrons. The SMILES string of the molecule is COc1cc2c(cc1NC(=O)CN(C)CCOc1ccccc1F)oc1ccccc12. The van der Waals surface area contributed by atoms with Crippen molar-refractivity contribution < 1.29 is 23.1 Å². The summed E-state index contributed by atoms with van der Waals surface area (Å²) < 4.78 is 30.4. The van der Waals surface area contributed by atoms with E-state index in [-0.39, 0.29) is 24.8 Å². The lowest BCUT2D eigenvalue weighted by atomic mass is 10.1. The van der Waals surface area contributed by atoms with Gasteiger partial charge in [-0.25, -0.2) is 4.39 Å². The summed E-state index contributed by atoms with van der Waals surface area (Å²) >= 11 is 0. The van der Waals surface area contributed by atoms with Crippen LogP contribution >= 0.6 is 0 Å². The quantitative estimate of drug-likeness (QED) is 0.447. The van der Waals surface area contributed by atoms with Gasteiger partial charge in [-0.3, -0.25) is 9.69 Å². The van der Waals surface area contributed by atoms with Crippen molar-refractivity contribution in [2.24, 2.45) is 0 Å². The summed E-state index contributed by atoms with van der Waals surface area (Å²) in [4.78, 5) is 14.3. The van der Waals surface area contributed by atoms with E-state index in [1.165, 1.54) is 6.07 Å². The fraction of sp³-hybridized carbons (Fsp3) is 0.208. The number of anilines is 1. The highest BCUT2D eigenvalue weighted by Crippen LogP contribution is 2.36. The average Bonchev–Trinajstić information content (AvgIpc) is 3.11. The Balaban J connectivity index is 1.39. The van der Waals surface area contributed by atoms with Crippen LogP contribution in [0.1, 0.15) is 0 Å². The van der Waals surface area contributed by atoms with Crippen LogP contribution < -0.4 is 14.8 Å². The number of ether oxygens (including phenoxy) is 2. The van der Waals surface area contributed by atoms with Crippen LogP contribution in [0.5, 0.6) is 11.5 Å². The van der Waals surface area contributed by atoms with Crippen molar-refractivity contribution in [1.29, 1.82) is 0 Å². The van der Waals surface area contributed by atoms with Gasteiger partial charge in [0.25, 0.3) is 0 Å². The number of hydrogen-bond donors (Lipinski definition) is 1. The maximum absolute atomic E-state index is 13.6. The summed E-state index contributed by atoms with van der Waals surface area (Å²) in [7, 11) is 3.36. The van der Waals surface area contributed by atoms with Gasteiger partial charge in [0.15, 0.2) is 11.6 Å². The Hall–Kier alpha value is -3.58. The summed E-state index contributed by atoms with van der Waals surface area (Å²) in [6.45, 7) is 0.864. The van der Waals surface area contributed by atoms with E-state index < -0.39 is 5.82 Å². The number of amides is 1. The molecule has 0 unspecified atom stereocenters. The number of methoxy groups -OCH3 is 1. The molecule has 0 aliphatic heterocycles. The second kappa shape index (κ2) is 9.06. The number of fused-ring (bicyclic) bond motifs is 3. The van der Waals surface area contributed by atoms with Crippen LogP contribution in [0.2, 0.25) is 0 Å². The van der Waals surface area contributed by atoms with Crippen LogP contribution in [0.25, 0.3) is 21.9 Å². The summed E-state index contributed by atoms with van der Waals surface area (Å²) in [6, 6.07) is 17.6. The molecule has 4 rings (SSSR count). The predicted molar refractivity (Wildman–Crippen MR) is 118 cm³/mol. The fourth-order valence-electron chi connectivity index (χ4n) is 3.41. The van der Waals surface area contributed by atoms with Crippen molar-refractivity contribution in [3.63, 3.8) is 0 Å². The zero-order valence-corrected chi connectivity index (χ0v) is 17.4. The fourth-order valence-corrected chi connectivity index (χ4v) is 3.41. The minimum atomic E-state index is -0.407. The van der Waals surface area contributed by atoms with Crippen LogP contribution in [0, 0.1) is 5.82 Å². The van der Waals surface area contributed by atoms with E-state index >= 15 is 0 Å². The lowest BCUT2D eigenvalue weighted by Gasteiger charge is -2.17. The molecular formula is C24H23FN2O4. The number of halogens is 1. The highest BCUT2D eigenvalue weighted by atomic mass is 19.1. The minimum absolute atomic E-state index is 0.141. The third kappa shape index (κ3) is 4.62. The Morgan fingerprint density at radius 3 is 2.61 bits per heavy atom. The molecule has 1 heterocycles. The van der Waals surface area contributed by atoms with Gasteiger partial charge >= 0.3 is 0 Å². The summed E-state index contributed by atoms with van der Waals surface area (Å²) in [6.07, 6.45) is 0. The van der Waals surface area contributed by atoms with Crippen LogP contribution in [0.4, 0.5) is 10.1 Å². The number of nitrogens with zero attached hydrogens (tertiary/aromatic N) is 1. The van der Waals surface area contributed by atoms with E-state index in [9.17, 15) is 9.18 Å². The number of rotatable bonds is 8. The molecular weight excluding hydrogens is 399 g/mol. The second-order valence-corrected chi connectivity index (χ2v) is 7.21. The molecule has 160 valence electrons. The van der Waals surface area contributed by atoms with Crippen molar-refractivity contribution in [3.8, 4) is 11.5 Å². The van der Waals surface area contributed by atoms with Gasteiger partial charge in [0.05, 0.1) is 19.3 Å². The number of hydrogen-bond acceptors (Lipinski definition) is 5. The van der Waals surface area contributed by atoms with E-state index in [0.29, 0.717) is 23.6 Å². The van der Waals surface area contributed by atoms with Gasteiger partial charge in [0.1, 0.15) is 23.5 Å². The third-order valence-corrected chi connectivity index (χ3v) is 4.95. The van der Waals surface area contributed by atoms with Gasteiger partial charge in [-0.15, -0.1) is 0 Å². The highest BCUT2D eigenvalue weighted by Gasteiger charge is 2.15. The molecule has 7 heteroatoms. The molecule has 0 atom stereocenters. The zero-order chi connectivity index (χ0) is 21.8. The molecule has 4 aromatic rings. The van der Waals surface area contributed by atoms with Gasteiger partial charge in [0, 0.05) is 23.4 Å². The summed E-state index contributed by atoms with van der Waals surface area (Å²) in [5, 5.41) is 4.79. The predicted octanol–water partition coefficient (Wildman–Crippen LogP) is 4.68. The van der Waals surface area contributed by atoms with Crippen molar-refractivity contribution >= 4 is 33.5 Å². The van der Waals surface area contributed by atoms with Gasteiger partial charge in [-0.1, -0.05) is 30.3 Å². The molecule has 0 saturated heterocycles. The smallest absolute Gasteiger partial charge is 0.238 e. The van der Waals surface area contributed by atoms with Crippen molar-refractivity contribution in [2.75, 3.05) is 39.2 Å². The zero-order valence-electron chi connectivity index (χ0n) is 17.4. The van der Waals surface area contributed by atoms with Crippen LogP contribution in [-0.4, -0.2) is 44.7 Å². The molecule has 0 fully saturated rings. The number of furan rings is 1. The van der Waals surface area contributed by atoms with Crippen LogP contribution in [-0.2, 0) is 4.79 Å². The molecule has 3 aromatic carbocycles. The van der Waals surface area contributed by atoms with Gasteiger partial charge in [-0.05, 0) is 31.3 Å². The molecule has 1 amide bonds. The molecule has 0 aliphatic rings. The molecule has 0 saturated carbocycles. The normalized spacial score (nSPS) is 11.2. The van der Waals surface area contributed by atoms with E-state index in [4.69, 9.17) is 13.9 Å². The lowest BCUT2D eigenvalue weighted by molar-refractivity contribution is -0.117. The number of carbonyl (C=O) groups is 1. The lowest BCUT2D eigenvalue weighted by Crippen LogP contribution is -2.33. The summed E-state index contributed by atoms with van der Waals surface area (Å²) in [5.41, 5.74) is 1.98. The Morgan fingerprint density at radius 1 is 1.03 bits per heavy atom. The van der Waals surface area contributed by atoms with E-state index in [2.05, 4.69) is 5.32 Å². The maximum Gasteiger partial charge on any atom is 0.238 e. The van der Waals surface area contributed by atoms with E-state index in [0.717, 1.165) is 16.4 Å². The molecule has 0 spiro atoms. The second-order valence-electron chi connectivity index (χ2n) is 7.21. The molecule has 1 aromatic heterocycles. The molecule has 0 aliphatic carbocycles. The number of likely N-dealkylation sites (N-methyl/N-ethyl adjacent to an activating group) is 1. The Bertz CT molecular complexity index is 1220. The molecule has 1 N–H and O–H groups in total. The monoisotopic (exact) mass is 422 g/mol. The minimum Gasteiger partial charge on any atom is -0.495 e. The number of nitrogens with one attached hydrogen (secondary N) is 1. The Morgan fingerprint density at radius 2 is 1.81 bits per heavy atom. The van der Waals surface area contributed by atoms with Gasteiger partial charge in [0.2, 0.25) is 5.91 Å². The van der Waals surface area contributed by atoms with Crippen molar-refractivity contribution in [3.05, 3.63) is 66.5 Å². The Kier molecular flexibility index (Phi) is 6.04. The number of carbonyl (C=O) groups excluding carboxylic acids is 1. The van der Waals surface area contributed by atoms with Gasteiger partial charge < -0.3 is 19.2 Å². The maximum atomic E-state index is 13.6. The standard InChI is InChI=1S/C24H23FN2O4/c1-27(11-12-30-21-10-6-4-8-18(21)25)15-24(28)26-19-14-22-17(13-23(19)29-2)16-7-3-5-9-20(16)31-22/h3-10,13-14H,11-12,15H2,1-2H3,(H,26,28). The number of para-hydroxylation sites is 2. The number of benzene rings is 3. The first-order valence-corrected chi connectivity index (χ1v) is 9.90. The molecule has 6 nitrogen and oxygen atoms in total. The van der Waals surface area contributed by atoms with Crippen molar-refractivity contribution in [2.45, 2.75) is 0 Å². The first-order valence-electron chi connectivity index (χ1n) is 9.90. The Labute approximate surface area is 179 Å². The topological polar surface area (TPSA) is 63.9 Å². The van der Waals surface area contributed by atoms with Crippen molar-refractivity contribution in [1.82, 2.24) is 4.90 Å². The van der Waals surface area contributed by atoms with Crippen LogP contribution in [0.15, 0.2) is 65.1 Å². The van der Waals surface area contributed by atoms with E-state index in [1.807, 2.05) is 30.3 Å². The molecule has 0 bridgehead atoms. The first kappa shape index (κ1) is 20.7.